The number of carboxylic acid groups (broad SMARTS) is 1. The van der Waals surface area contributed by atoms with Crippen LogP contribution in [0.5, 0.6) is 0 Å². The van der Waals surface area contributed by atoms with Gasteiger partial charge in [0.1, 0.15) is 6.04 Å². The highest BCUT2D eigenvalue weighted by molar-refractivity contribution is 6.22. The molecule has 2 atom stereocenters. The number of fused-ring (bicyclic) bond motifs is 1. The van der Waals surface area contributed by atoms with Crippen molar-refractivity contribution in [3.05, 3.63) is 35.4 Å². The normalized spacial score (nSPS) is 15.9. The van der Waals surface area contributed by atoms with Crippen molar-refractivity contribution in [3.8, 4) is 0 Å². The van der Waals surface area contributed by atoms with Gasteiger partial charge in [0.05, 0.1) is 17.7 Å². The van der Waals surface area contributed by atoms with E-state index in [1.54, 1.807) is 26.0 Å². The van der Waals surface area contributed by atoms with Crippen molar-refractivity contribution in [2.75, 3.05) is 13.7 Å². The van der Waals surface area contributed by atoms with Gasteiger partial charge in [0, 0.05) is 7.11 Å². The number of hydrogen-bond donors (Lipinski definition) is 2. The number of ether oxygens (including phenoxy) is 1. The highest BCUT2D eigenvalue weighted by atomic mass is 16.5. The van der Waals surface area contributed by atoms with Gasteiger partial charge in [-0.1, -0.05) is 26.0 Å². The molecule has 8 heteroatoms. The summed E-state index contributed by atoms with van der Waals surface area (Å²) in [5.74, 6) is -3.24. The average Bonchev–Trinajstić information content (AvgIpc) is 2.81. The molecule has 1 aliphatic rings. The van der Waals surface area contributed by atoms with Crippen LogP contribution in [0.1, 0.15) is 34.6 Å². The first-order valence-electron chi connectivity index (χ1n) is 7.79. The van der Waals surface area contributed by atoms with Gasteiger partial charge in [0.15, 0.2) is 6.10 Å². The lowest BCUT2D eigenvalue weighted by Crippen LogP contribution is -2.53. The summed E-state index contributed by atoms with van der Waals surface area (Å²) in [6.45, 7) is 3.15. The maximum absolute atomic E-state index is 12.6. The standard InChI is InChI=1S/C17H20N2O6/c1-9(2)13(14(20)18-8-12(25-3)17(23)24)19-15(21)10-6-4-5-7-11(10)16(19)22/h4-7,9,12-13H,8H2,1-3H3,(H,18,20)(H,23,24). The van der Waals surface area contributed by atoms with Crippen LogP contribution in [-0.2, 0) is 14.3 Å². The number of carboxylic acids is 1. The molecule has 1 aromatic rings. The molecule has 3 amide bonds. The van der Waals surface area contributed by atoms with E-state index in [1.807, 2.05) is 0 Å². The number of aliphatic carboxylic acids is 1. The van der Waals surface area contributed by atoms with E-state index in [4.69, 9.17) is 9.84 Å². The van der Waals surface area contributed by atoms with Gasteiger partial charge in [0.2, 0.25) is 5.91 Å². The fraction of sp³-hybridized carbons (Fsp3) is 0.412. The van der Waals surface area contributed by atoms with Gasteiger partial charge >= 0.3 is 5.97 Å². The van der Waals surface area contributed by atoms with Crippen LogP contribution in [0.3, 0.4) is 0 Å². The van der Waals surface area contributed by atoms with Crippen LogP contribution in [0, 0.1) is 5.92 Å². The van der Waals surface area contributed by atoms with Gasteiger partial charge in [-0.3, -0.25) is 19.3 Å². The Morgan fingerprint density at radius 3 is 2.08 bits per heavy atom. The quantitative estimate of drug-likeness (QED) is 0.695. The summed E-state index contributed by atoms with van der Waals surface area (Å²) < 4.78 is 4.76. The third kappa shape index (κ3) is 3.53. The summed E-state index contributed by atoms with van der Waals surface area (Å²) in [5, 5.41) is 11.4. The molecule has 2 N–H and O–H groups in total. The molecule has 0 aromatic heterocycles. The number of carbonyl (C=O) groups is 4. The van der Waals surface area contributed by atoms with Crippen LogP contribution >= 0.6 is 0 Å². The second-order valence-electron chi connectivity index (χ2n) is 6.02. The number of methoxy groups -OCH3 is 1. The molecule has 1 heterocycles. The predicted molar refractivity (Wildman–Crippen MR) is 87.0 cm³/mol. The van der Waals surface area contributed by atoms with Gasteiger partial charge in [-0.2, -0.15) is 0 Å². The SMILES string of the molecule is COC(CNC(=O)C(C(C)C)N1C(=O)c2ccccc2C1=O)C(=O)O. The van der Waals surface area contributed by atoms with Gasteiger partial charge < -0.3 is 15.2 Å². The van der Waals surface area contributed by atoms with Crippen LogP contribution in [0.2, 0.25) is 0 Å². The molecule has 0 bridgehead atoms. The van der Waals surface area contributed by atoms with E-state index in [0.29, 0.717) is 0 Å². The zero-order chi connectivity index (χ0) is 18.7. The molecule has 134 valence electrons. The third-order valence-corrected chi connectivity index (χ3v) is 4.03. The monoisotopic (exact) mass is 348 g/mol. The second-order valence-corrected chi connectivity index (χ2v) is 6.02. The number of amides is 3. The maximum Gasteiger partial charge on any atom is 0.334 e. The topological polar surface area (TPSA) is 113 Å². The number of nitrogens with one attached hydrogen (secondary N) is 1. The molecule has 25 heavy (non-hydrogen) atoms. The van der Waals surface area contributed by atoms with Crippen LogP contribution in [0.4, 0.5) is 0 Å². The Kier molecular flexibility index (Phi) is 5.53. The van der Waals surface area contributed by atoms with Gasteiger partial charge in [-0.05, 0) is 18.1 Å². The summed E-state index contributed by atoms with van der Waals surface area (Å²) in [4.78, 5) is 49.6. The molecule has 0 fully saturated rings. The molecule has 0 saturated heterocycles. The largest absolute Gasteiger partial charge is 0.479 e. The lowest BCUT2D eigenvalue weighted by Gasteiger charge is -2.28. The fourth-order valence-electron chi connectivity index (χ4n) is 2.75. The van der Waals surface area contributed by atoms with Crippen LogP contribution in [0.15, 0.2) is 24.3 Å². The van der Waals surface area contributed by atoms with Crippen LogP contribution in [0.25, 0.3) is 0 Å². The highest BCUT2D eigenvalue weighted by Crippen LogP contribution is 2.27. The second kappa shape index (κ2) is 7.43. The van der Waals surface area contributed by atoms with E-state index >= 15 is 0 Å². The molecule has 8 nitrogen and oxygen atoms in total. The summed E-state index contributed by atoms with van der Waals surface area (Å²) in [6, 6.07) is 5.33. The molecule has 0 radical (unpaired) electrons. The molecule has 2 rings (SSSR count). The van der Waals surface area contributed by atoms with Crippen molar-refractivity contribution in [2.24, 2.45) is 5.92 Å². The molecular formula is C17H20N2O6. The highest BCUT2D eigenvalue weighted by Gasteiger charge is 2.43. The smallest absolute Gasteiger partial charge is 0.334 e. The minimum Gasteiger partial charge on any atom is -0.479 e. The number of benzene rings is 1. The van der Waals surface area contributed by atoms with Gasteiger partial charge in [-0.15, -0.1) is 0 Å². The predicted octanol–water partition coefficient (Wildman–Crippen LogP) is 0.523. The van der Waals surface area contributed by atoms with E-state index in [0.717, 1.165) is 4.90 Å². The molecule has 2 unspecified atom stereocenters. The molecule has 0 aliphatic carbocycles. The van der Waals surface area contributed by atoms with Crippen molar-refractivity contribution in [1.82, 2.24) is 10.2 Å². The number of imide groups is 1. The summed E-state index contributed by atoms with van der Waals surface area (Å²) in [7, 11) is 1.22. The average molecular weight is 348 g/mol. The molecule has 0 spiro atoms. The van der Waals surface area contributed by atoms with Crippen LogP contribution < -0.4 is 5.32 Å². The lowest BCUT2D eigenvalue weighted by atomic mass is 10.0. The Morgan fingerprint density at radius 2 is 1.68 bits per heavy atom. The third-order valence-electron chi connectivity index (χ3n) is 4.03. The Labute approximate surface area is 144 Å². The summed E-state index contributed by atoms with van der Waals surface area (Å²) in [6.07, 6.45) is -1.21. The van der Waals surface area contributed by atoms with Gasteiger partial charge in [-0.25, -0.2) is 4.79 Å². The first-order chi connectivity index (χ1) is 11.8. The zero-order valence-electron chi connectivity index (χ0n) is 14.2. The van der Waals surface area contributed by atoms with Crippen LogP contribution in [-0.4, -0.2) is 59.5 Å². The fourth-order valence-corrected chi connectivity index (χ4v) is 2.75. The van der Waals surface area contributed by atoms with E-state index in [1.165, 1.54) is 19.2 Å². The number of carbonyl (C=O) groups excluding carboxylic acids is 3. The first-order valence-corrected chi connectivity index (χ1v) is 7.79. The van der Waals surface area contributed by atoms with Crippen molar-refractivity contribution >= 4 is 23.7 Å². The molecule has 1 aromatic carbocycles. The summed E-state index contributed by atoms with van der Waals surface area (Å²) >= 11 is 0. The minimum absolute atomic E-state index is 0.256. The Bertz CT molecular complexity index is 680. The van der Waals surface area contributed by atoms with E-state index < -0.39 is 35.8 Å². The zero-order valence-corrected chi connectivity index (χ0v) is 14.2. The Balaban J connectivity index is 2.22. The van der Waals surface area contributed by atoms with E-state index in [9.17, 15) is 19.2 Å². The maximum atomic E-state index is 12.6. The first kappa shape index (κ1) is 18.6. The number of rotatable bonds is 7. The Morgan fingerprint density at radius 1 is 1.16 bits per heavy atom. The molecule has 1 aliphatic heterocycles. The van der Waals surface area contributed by atoms with Crippen molar-refractivity contribution < 1.29 is 29.0 Å². The van der Waals surface area contributed by atoms with E-state index in [2.05, 4.69) is 5.32 Å². The van der Waals surface area contributed by atoms with Gasteiger partial charge in [0.25, 0.3) is 11.8 Å². The number of nitrogens with zero attached hydrogens (tertiary/aromatic N) is 1. The van der Waals surface area contributed by atoms with Crippen molar-refractivity contribution in [2.45, 2.75) is 26.0 Å². The molecule has 0 saturated carbocycles. The minimum atomic E-state index is -1.22. The van der Waals surface area contributed by atoms with Crippen molar-refractivity contribution in [3.63, 3.8) is 0 Å². The molecular weight excluding hydrogens is 328 g/mol. The Hall–Kier alpha value is -2.74. The van der Waals surface area contributed by atoms with Crippen molar-refractivity contribution in [1.29, 1.82) is 0 Å². The van der Waals surface area contributed by atoms with E-state index in [-0.39, 0.29) is 23.6 Å². The summed E-state index contributed by atoms with van der Waals surface area (Å²) in [5.41, 5.74) is 0.512. The lowest BCUT2D eigenvalue weighted by molar-refractivity contribution is -0.148. The number of hydrogen-bond acceptors (Lipinski definition) is 5.